The lowest BCUT2D eigenvalue weighted by Gasteiger charge is -2.29. The fourth-order valence-corrected chi connectivity index (χ4v) is 4.61. The lowest BCUT2D eigenvalue weighted by atomic mass is 10.3. The fourth-order valence-electron chi connectivity index (χ4n) is 1.54. The number of hydrogen-bond acceptors (Lipinski definition) is 3. The van der Waals surface area contributed by atoms with E-state index in [1.165, 1.54) is 0 Å². The summed E-state index contributed by atoms with van der Waals surface area (Å²) in [6, 6.07) is 1.44. The molecule has 2 N–H and O–H groups in total. The minimum absolute atomic E-state index is 0.282. The Morgan fingerprint density at radius 3 is 1.64 bits per heavy atom. The SMILES string of the molecule is CCC(O)C[Si](C)(CC(O)CC)OC. The Hall–Kier alpha value is 0.0969. The molecular weight excluding hydrogens is 196 g/mol. The van der Waals surface area contributed by atoms with Gasteiger partial charge in [0.2, 0.25) is 0 Å². The Kier molecular flexibility index (Phi) is 6.60. The van der Waals surface area contributed by atoms with E-state index in [0.717, 1.165) is 24.9 Å². The van der Waals surface area contributed by atoms with E-state index in [2.05, 4.69) is 6.55 Å². The van der Waals surface area contributed by atoms with Crippen LogP contribution in [0.2, 0.25) is 18.6 Å². The van der Waals surface area contributed by atoms with E-state index >= 15 is 0 Å². The molecule has 14 heavy (non-hydrogen) atoms. The maximum atomic E-state index is 9.58. The first-order valence-electron chi connectivity index (χ1n) is 5.38. The van der Waals surface area contributed by atoms with Gasteiger partial charge in [0.1, 0.15) is 0 Å². The Labute approximate surface area is 88.2 Å². The predicted molar refractivity (Wildman–Crippen MR) is 60.8 cm³/mol. The molecule has 0 rings (SSSR count). The molecule has 2 atom stereocenters. The molecule has 0 aliphatic carbocycles. The van der Waals surface area contributed by atoms with Gasteiger partial charge in [0, 0.05) is 7.11 Å². The van der Waals surface area contributed by atoms with Crippen molar-refractivity contribution in [2.45, 2.75) is 57.5 Å². The summed E-state index contributed by atoms with van der Waals surface area (Å²) in [6.45, 7) is 6.00. The maximum absolute atomic E-state index is 9.58. The van der Waals surface area contributed by atoms with Crippen molar-refractivity contribution in [3.8, 4) is 0 Å². The van der Waals surface area contributed by atoms with Gasteiger partial charge in [0.25, 0.3) is 0 Å². The van der Waals surface area contributed by atoms with Crippen molar-refractivity contribution in [1.82, 2.24) is 0 Å². The highest BCUT2D eigenvalue weighted by molar-refractivity contribution is 6.72. The van der Waals surface area contributed by atoms with Crippen molar-refractivity contribution in [3.05, 3.63) is 0 Å². The van der Waals surface area contributed by atoms with Crippen molar-refractivity contribution in [2.24, 2.45) is 0 Å². The van der Waals surface area contributed by atoms with Crippen LogP contribution in [-0.4, -0.2) is 37.8 Å². The molecule has 0 saturated heterocycles. The third-order valence-electron chi connectivity index (χ3n) is 2.77. The first-order chi connectivity index (χ1) is 6.47. The standard InChI is InChI=1S/C10H24O3Si/c1-5-9(11)7-14(4,13-3)8-10(12)6-2/h9-12H,5-8H2,1-4H3. The molecule has 2 unspecified atom stereocenters. The molecular formula is C10H24O3Si. The Bertz CT molecular complexity index is 140. The van der Waals surface area contributed by atoms with Gasteiger partial charge in [0.15, 0.2) is 8.32 Å². The van der Waals surface area contributed by atoms with E-state index < -0.39 is 8.32 Å². The summed E-state index contributed by atoms with van der Waals surface area (Å²) in [6.07, 6.45) is 0.953. The summed E-state index contributed by atoms with van der Waals surface area (Å²) in [5.41, 5.74) is 0. The normalized spacial score (nSPS) is 20.1. The first-order valence-corrected chi connectivity index (χ1v) is 8.21. The average molecular weight is 220 g/mol. The summed E-state index contributed by atoms with van der Waals surface area (Å²) < 4.78 is 5.50. The summed E-state index contributed by atoms with van der Waals surface area (Å²) in [5, 5.41) is 19.2. The number of aliphatic hydroxyl groups excluding tert-OH is 2. The molecule has 0 saturated carbocycles. The smallest absolute Gasteiger partial charge is 0.194 e. The third-order valence-corrected chi connectivity index (χ3v) is 6.43. The van der Waals surface area contributed by atoms with Crippen molar-refractivity contribution >= 4 is 8.32 Å². The number of rotatable bonds is 7. The second-order valence-corrected chi connectivity index (χ2v) is 8.31. The molecule has 0 aromatic carbocycles. The van der Waals surface area contributed by atoms with E-state index in [0.29, 0.717) is 0 Å². The van der Waals surface area contributed by atoms with E-state index in [-0.39, 0.29) is 12.2 Å². The second kappa shape index (κ2) is 6.56. The Morgan fingerprint density at radius 2 is 1.43 bits per heavy atom. The summed E-state index contributed by atoms with van der Waals surface area (Å²) >= 11 is 0. The summed E-state index contributed by atoms with van der Waals surface area (Å²) in [4.78, 5) is 0. The number of aliphatic hydroxyl groups is 2. The third kappa shape index (κ3) is 5.10. The Morgan fingerprint density at radius 1 is 1.07 bits per heavy atom. The largest absolute Gasteiger partial charge is 0.420 e. The minimum Gasteiger partial charge on any atom is -0.420 e. The topological polar surface area (TPSA) is 49.7 Å². The van der Waals surface area contributed by atoms with Crippen LogP contribution < -0.4 is 0 Å². The lowest BCUT2D eigenvalue weighted by Crippen LogP contribution is -2.40. The van der Waals surface area contributed by atoms with Gasteiger partial charge in [-0.1, -0.05) is 13.8 Å². The molecule has 0 aliphatic rings. The maximum Gasteiger partial charge on any atom is 0.194 e. The van der Waals surface area contributed by atoms with Gasteiger partial charge in [-0.15, -0.1) is 0 Å². The second-order valence-electron chi connectivity index (χ2n) is 4.19. The molecule has 0 fully saturated rings. The van der Waals surface area contributed by atoms with Crippen molar-refractivity contribution in [2.75, 3.05) is 7.11 Å². The van der Waals surface area contributed by atoms with E-state index in [4.69, 9.17) is 4.43 Å². The van der Waals surface area contributed by atoms with E-state index in [9.17, 15) is 10.2 Å². The van der Waals surface area contributed by atoms with E-state index in [1.54, 1.807) is 7.11 Å². The average Bonchev–Trinajstić information content (AvgIpc) is 2.17. The van der Waals surface area contributed by atoms with Crippen LogP contribution in [0.5, 0.6) is 0 Å². The van der Waals surface area contributed by atoms with Crippen LogP contribution in [0.3, 0.4) is 0 Å². The van der Waals surface area contributed by atoms with Crippen molar-refractivity contribution < 1.29 is 14.6 Å². The predicted octanol–water partition coefficient (Wildman–Crippen LogP) is 1.75. The molecule has 3 nitrogen and oxygen atoms in total. The molecule has 0 radical (unpaired) electrons. The van der Waals surface area contributed by atoms with Gasteiger partial charge in [-0.05, 0) is 31.5 Å². The van der Waals surface area contributed by atoms with Gasteiger partial charge < -0.3 is 14.6 Å². The highest BCUT2D eigenvalue weighted by atomic mass is 28.4. The van der Waals surface area contributed by atoms with Gasteiger partial charge in [0.05, 0.1) is 12.2 Å². The molecule has 86 valence electrons. The van der Waals surface area contributed by atoms with Gasteiger partial charge in [-0.25, -0.2) is 0 Å². The van der Waals surface area contributed by atoms with Crippen molar-refractivity contribution in [1.29, 1.82) is 0 Å². The number of hydrogen-bond donors (Lipinski definition) is 2. The zero-order valence-electron chi connectivity index (χ0n) is 9.79. The zero-order chi connectivity index (χ0) is 11.2. The molecule has 0 aliphatic heterocycles. The molecule has 4 heteroatoms. The van der Waals surface area contributed by atoms with Crippen LogP contribution >= 0.6 is 0 Å². The minimum atomic E-state index is -1.89. The van der Waals surface area contributed by atoms with Crippen molar-refractivity contribution in [3.63, 3.8) is 0 Å². The molecule has 0 aromatic rings. The van der Waals surface area contributed by atoms with Crippen LogP contribution in [0.1, 0.15) is 26.7 Å². The fraction of sp³-hybridized carbons (Fsp3) is 1.00. The van der Waals surface area contributed by atoms with Gasteiger partial charge >= 0.3 is 0 Å². The lowest BCUT2D eigenvalue weighted by molar-refractivity contribution is 0.168. The molecule has 0 bridgehead atoms. The monoisotopic (exact) mass is 220 g/mol. The summed E-state index contributed by atoms with van der Waals surface area (Å²) in [5.74, 6) is 0. The Balaban J connectivity index is 4.16. The first kappa shape index (κ1) is 14.1. The highest BCUT2D eigenvalue weighted by Crippen LogP contribution is 2.22. The zero-order valence-corrected chi connectivity index (χ0v) is 10.8. The summed E-state index contributed by atoms with van der Waals surface area (Å²) in [7, 11) is -0.200. The molecule has 0 spiro atoms. The van der Waals surface area contributed by atoms with Crippen LogP contribution in [-0.2, 0) is 4.43 Å². The quantitative estimate of drug-likeness (QED) is 0.643. The highest BCUT2D eigenvalue weighted by Gasteiger charge is 2.32. The van der Waals surface area contributed by atoms with Crippen LogP contribution in [0.15, 0.2) is 0 Å². The van der Waals surface area contributed by atoms with Gasteiger partial charge in [-0.3, -0.25) is 0 Å². The molecule has 0 aromatic heterocycles. The molecule has 0 amide bonds. The van der Waals surface area contributed by atoms with Crippen LogP contribution in [0, 0.1) is 0 Å². The van der Waals surface area contributed by atoms with Crippen LogP contribution in [0.25, 0.3) is 0 Å². The molecule has 0 heterocycles. The van der Waals surface area contributed by atoms with E-state index in [1.807, 2.05) is 13.8 Å². The van der Waals surface area contributed by atoms with Gasteiger partial charge in [-0.2, -0.15) is 0 Å². The van der Waals surface area contributed by atoms with Crippen LogP contribution in [0.4, 0.5) is 0 Å².